The number of amides is 1. The highest BCUT2D eigenvalue weighted by molar-refractivity contribution is 5.82. The molecule has 116 valence electrons. The van der Waals surface area contributed by atoms with E-state index < -0.39 is 17.8 Å². The van der Waals surface area contributed by atoms with Crippen molar-refractivity contribution in [3.63, 3.8) is 0 Å². The monoisotopic (exact) mass is 304 g/mol. The summed E-state index contributed by atoms with van der Waals surface area (Å²) in [6.45, 7) is 1.60. The summed E-state index contributed by atoms with van der Waals surface area (Å²) in [5.74, 6) is -0.106. The van der Waals surface area contributed by atoms with Gasteiger partial charge < -0.3 is 20.5 Å². The smallest absolute Gasteiger partial charge is 0.239 e. The molecule has 2 aromatic carbocycles. The second kappa shape index (κ2) is 6.80. The highest BCUT2D eigenvalue weighted by Gasteiger charge is 2.12. The molecule has 0 saturated carbocycles. The van der Waals surface area contributed by atoms with Gasteiger partial charge in [-0.3, -0.25) is 4.79 Å². The standard InChI is InChI=1S/C16H17FN2O3/c1-10(16(18)20)19-11-7-8-13(12(17)9-11)22-15-6-4-3-5-14(15)21-2/h3-10,19H,1-2H3,(H2,18,20)/t10-/m1/s1. The van der Waals surface area contributed by atoms with Gasteiger partial charge in [-0.1, -0.05) is 12.1 Å². The van der Waals surface area contributed by atoms with Crippen LogP contribution >= 0.6 is 0 Å². The van der Waals surface area contributed by atoms with E-state index in [1.54, 1.807) is 37.3 Å². The maximum absolute atomic E-state index is 14.1. The molecule has 1 atom stereocenters. The summed E-state index contributed by atoms with van der Waals surface area (Å²) in [6, 6.07) is 10.7. The van der Waals surface area contributed by atoms with E-state index >= 15 is 0 Å². The van der Waals surface area contributed by atoms with Crippen LogP contribution in [0.5, 0.6) is 17.2 Å². The highest BCUT2D eigenvalue weighted by atomic mass is 19.1. The zero-order chi connectivity index (χ0) is 16.1. The molecular formula is C16H17FN2O3. The van der Waals surface area contributed by atoms with E-state index in [4.69, 9.17) is 15.2 Å². The van der Waals surface area contributed by atoms with E-state index in [0.29, 0.717) is 17.2 Å². The van der Waals surface area contributed by atoms with Gasteiger partial charge in [-0.05, 0) is 31.2 Å². The molecule has 0 spiro atoms. The van der Waals surface area contributed by atoms with Gasteiger partial charge in [-0.25, -0.2) is 4.39 Å². The van der Waals surface area contributed by atoms with E-state index in [1.165, 1.54) is 19.2 Å². The van der Waals surface area contributed by atoms with Crippen molar-refractivity contribution in [2.75, 3.05) is 12.4 Å². The largest absolute Gasteiger partial charge is 0.493 e. The van der Waals surface area contributed by atoms with Crippen LogP contribution in [0.2, 0.25) is 0 Å². The molecule has 0 fully saturated rings. The maximum Gasteiger partial charge on any atom is 0.239 e. The number of carbonyl (C=O) groups excluding carboxylic acids is 1. The molecule has 6 heteroatoms. The molecule has 0 heterocycles. The average molecular weight is 304 g/mol. The highest BCUT2D eigenvalue weighted by Crippen LogP contribution is 2.33. The molecule has 0 unspecified atom stereocenters. The Hall–Kier alpha value is -2.76. The van der Waals surface area contributed by atoms with Crippen LogP contribution in [0.1, 0.15) is 6.92 Å². The lowest BCUT2D eigenvalue weighted by atomic mass is 10.2. The van der Waals surface area contributed by atoms with Crippen LogP contribution in [-0.2, 0) is 4.79 Å². The first-order chi connectivity index (χ1) is 10.5. The van der Waals surface area contributed by atoms with E-state index in [9.17, 15) is 9.18 Å². The Morgan fingerprint density at radius 1 is 1.18 bits per heavy atom. The number of nitrogens with two attached hydrogens (primary N) is 1. The van der Waals surface area contributed by atoms with Gasteiger partial charge in [-0.15, -0.1) is 0 Å². The number of hydrogen-bond donors (Lipinski definition) is 2. The van der Waals surface area contributed by atoms with Crippen molar-refractivity contribution in [3.05, 3.63) is 48.3 Å². The Balaban J connectivity index is 2.18. The van der Waals surface area contributed by atoms with Crippen LogP contribution in [-0.4, -0.2) is 19.1 Å². The van der Waals surface area contributed by atoms with Gasteiger partial charge in [0.25, 0.3) is 0 Å². The molecule has 0 aliphatic rings. The zero-order valence-corrected chi connectivity index (χ0v) is 12.3. The molecule has 0 radical (unpaired) electrons. The van der Waals surface area contributed by atoms with Gasteiger partial charge in [-0.2, -0.15) is 0 Å². The normalized spacial score (nSPS) is 11.6. The Bertz CT molecular complexity index is 676. The minimum atomic E-state index is -0.597. The number of nitrogens with one attached hydrogen (secondary N) is 1. The number of hydrogen-bond acceptors (Lipinski definition) is 4. The van der Waals surface area contributed by atoms with Gasteiger partial charge in [0.1, 0.15) is 6.04 Å². The summed E-state index contributed by atoms with van der Waals surface area (Å²) in [5.41, 5.74) is 5.59. The second-order valence-corrected chi connectivity index (χ2v) is 4.67. The van der Waals surface area contributed by atoms with E-state index in [0.717, 1.165) is 0 Å². The maximum atomic E-state index is 14.1. The molecule has 1 amide bonds. The number of benzene rings is 2. The molecule has 0 aromatic heterocycles. The van der Waals surface area contributed by atoms with Crippen LogP contribution in [0.15, 0.2) is 42.5 Å². The van der Waals surface area contributed by atoms with Crippen molar-refractivity contribution in [2.45, 2.75) is 13.0 Å². The lowest BCUT2D eigenvalue weighted by Gasteiger charge is -2.14. The molecule has 5 nitrogen and oxygen atoms in total. The fraction of sp³-hybridized carbons (Fsp3) is 0.188. The third-order valence-corrected chi connectivity index (χ3v) is 3.03. The lowest BCUT2D eigenvalue weighted by molar-refractivity contribution is -0.118. The van der Waals surface area contributed by atoms with Crippen LogP contribution in [0.4, 0.5) is 10.1 Å². The number of halogens is 1. The van der Waals surface area contributed by atoms with Gasteiger partial charge in [0.05, 0.1) is 7.11 Å². The fourth-order valence-electron chi connectivity index (χ4n) is 1.82. The Morgan fingerprint density at radius 2 is 1.86 bits per heavy atom. The minimum absolute atomic E-state index is 0.0572. The molecular weight excluding hydrogens is 287 g/mol. The number of para-hydroxylation sites is 2. The molecule has 0 aliphatic heterocycles. The molecule has 0 bridgehead atoms. The number of rotatable bonds is 6. The van der Waals surface area contributed by atoms with Crippen molar-refractivity contribution < 1.29 is 18.7 Å². The fourth-order valence-corrected chi connectivity index (χ4v) is 1.82. The van der Waals surface area contributed by atoms with E-state index in [1.807, 2.05) is 0 Å². The first-order valence-corrected chi connectivity index (χ1v) is 6.67. The van der Waals surface area contributed by atoms with Crippen LogP contribution in [0.25, 0.3) is 0 Å². The van der Waals surface area contributed by atoms with Gasteiger partial charge in [0, 0.05) is 11.8 Å². The Labute approximate surface area is 127 Å². The zero-order valence-electron chi connectivity index (χ0n) is 12.3. The van der Waals surface area contributed by atoms with Crippen molar-refractivity contribution in [1.82, 2.24) is 0 Å². The summed E-state index contributed by atoms with van der Waals surface area (Å²) in [5, 5.41) is 2.80. The average Bonchev–Trinajstić information content (AvgIpc) is 2.50. The number of primary amides is 1. The summed E-state index contributed by atoms with van der Waals surface area (Å²) in [6.07, 6.45) is 0. The Kier molecular flexibility index (Phi) is 4.83. The number of methoxy groups -OCH3 is 1. The Morgan fingerprint density at radius 3 is 2.45 bits per heavy atom. The molecule has 0 saturated heterocycles. The predicted octanol–water partition coefficient (Wildman–Crippen LogP) is 2.91. The summed E-state index contributed by atoms with van der Waals surface area (Å²) < 4.78 is 24.8. The molecule has 22 heavy (non-hydrogen) atoms. The van der Waals surface area contributed by atoms with Crippen molar-refractivity contribution in [1.29, 1.82) is 0 Å². The topological polar surface area (TPSA) is 73.6 Å². The van der Waals surface area contributed by atoms with Crippen molar-refractivity contribution >= 4 is 11.6 Å². The summed E-state index contributed by atoms with van der Waals surface area (Å²) >= 11 is 0. The number of anilines is 1. The van der Waals surface area contributed by atoms with Gasteiger partial charge >= 0.3 is 0 Å². The second-order valence-electron chi connectivity index (χ2n) is 4.67. The molecule has 2 rings (SSSR count). The molecule has 2 aromatic rings. The van der Waals surface area contributed by atoms with E-state index in [2.05, 4.69) is 5.32 Å². The first-order valence-electron chi connectivity index (χ1n) is 6.67. The van der Waals surface area contributed by atoms with Crippen molar-refractivity contribution in [2.24, 2.45) is 5.73 Å². The molecule has 0 aliphatic carbocycles. The summed E-state index contributed by atoms with van der Waals surface area (Å²) in [7, 11) is 1.51. The van der Waals surface area contributed by atoms with Crippen molar-refractivity contribution in [3.8, 4) is 17.2 Å². The number of carbonyl (C=O) groups is 1. The predicted molar refractivity (Wildman–Crippen MR) is 81.7 cm³/mol. The minimum Gasteiger partial charge on any atom is -0.493 e. The lowest BCUT2D eigenvalue weighted by Crippen LogP contribution is -2.32. The van der Waals surface area contributed by atoms with Gasteiger partial charge in [0.2, 0.25) is 5.91 Å². The SMILES string of the molecule is COc1ccccc1Oc1ccc(N[C@H](C)C(N)=O)cc1F. The van der Waals surface area contributed by atoms with E-state index in [-0.39, 0.29) is 5.75 Å². The third-order valence-electron chi connectivity index (χ3n) is 3.03. The number of ether oxygens (including phenoxy) is 2. The first kappa shape index (κ1) is 15.6. The van der Waals surface area contributed by atoms with Crippen LogP contribution in [0.3, 0.4) is 0 Å². The summed E-state index contributed by atoms with van der Waals surface area (Å²) in [4.78, 5) is 11.0. The van der Waals surface area contributed by atoms with Gasteiger partial charge in [0.15, 0.2) is 23.1 Å². The quantitative estimate of drug-likeness (QED) is 0.860. The van der Waals surface area contributed by atoms with Crippen LogP contribution in [0, 0.1) is 5.82 Å². The molecule has 3 N–H and O–H groups in total. The third kappa shape index (κ3) is 3.66. The van der Waals surface area contributed by atoms with Crippen LogP contribution < -0.4 is 20.5 Å².